The molecule has 94 valence electrons. The van der Waals surface area contributed by atoms with Gasteiger partial charge in [0.25, 0.3) is 0 Å². The molecular weight excluding hydrogens is 227 g/mol. The number of carboxylic acids is 1. The predicted molar refractivity (Wildman–Crippen MR) is 59.5 cm³/mol. The Bertz CT molecular complexity index is 367. The van der Waals surface area contributed by atoms with E-state index in [-0.39, 0.29) is 6.61 Å². The van der Waals surface area contributed by atoms with E-state index in [2.05, 4.69) is 0 Å². The first kappa shape index (κ1) is 13.4. The molecule has 0 radical (unpaired) electrons. The SMILES string of the molecule is COCCC(COc1cccc(F)c1)C(=O)O. The first-order chi connectivity index (χ1) is 8.13. The second-order valence-corrected chi connectivity index (χ2v) is 3.59. The number of aliphatic carboxylic acids is 1. The Balaban J connectivity index is 2.48. The van der Waals surface area contributed by atoms with Crippen molar-refractivity contribution in [3.05, 3.63) is 30.1 Å². The van der Waals surface area contributed by atoms with Gasteiger partial charge in [0.2, 0.25) is 0 Å². The van der Waals surface area contributed by atoms with Crippen LogP contribution in [-0.2, 0) is 9.53 Å². The lowest BCUT2D eigenvalue weighted by Crippen LogP contribution is -2.23. The number of rotatable bonds is 7. The zero-order valence-corrected chi connectivity index (χ0v) is 9.56. The van der Waals surface area contributed by atoms with E-state index >= 15 is 0 Å². The van der Waals surface area contributed by atoms with E-state index in [0.717, 1.165) is 0 Å². The van der Waals surface area contributed by atoms with Gasteiger partial charge in [0.05, 0.1) is 5.92 Å². The van der Waals surface area contributed by atoms with E-state index in [1.54, 1.807) is 6.07 Å². The molecule has 4 nitrogen and oxygen atoms in total. The molecule has 0 amide bonds. The van der Waals surface area contributed by atoms with Crippen LogP contribution in [-0.4, -0.2) is 31.4 Å². The first-order valence-electron chi connectivity index (χ1n) is 5.23. The zero-order chi connectivity index (χ0) is 12.7. The van der Waals surface area contributed by atoms with Crippen LogP contribution in [0.5, 0.6) is 5.75 Å². The number of halogens is 1. The third-order valence-electron chi connectivity index (χ3n) is 2.27. The molecule has 1 atom stereocenters. The first-order valence-corrected chi connectivity index (χ1v) is 5.23. The van der Waals surface area contributed by atoms with E-state index in [0.29, 0.717) is 18.8 Å². The van der Waals surface area contributed by atoms with Crippen LogP contribution in [0.2, 0.25) is 0 Å². The van der Waals surface area contributed by atoms with E-state index in [9.17, 15) is 9.18 Å². The fraction of sp³-hybridized carbons (Fsp3) is 0.417. The summed E-state index contributed by atoms with van der Waals surface area (Å²) < 4.78 is 22.9. The molecule has 0 aliphatic carbocycles. The van der Waals surface area contributed by atoms with Crippen molar-refractivity contribution >= 4 is 5.97 Å². The molecular formula is C12H15FO4. The highest BCUT2D eigenvalue weighted by Crippen LogP contribution is 2.14. The van der Waals surface area contributed by atoms with E-state index < -0.39 is 17.7 Å². The van der Waals surface area contributed by atoms with Crippen LogP contribution in [0.1, 0.15) is 6.42 Å². The minimum atomic E-state index is -0.946. The lowest BCUT2D eigenvalue weighted by Gasteiger charge is -2.13. The zero-order valence-electron chi connectivity index (χ0n) is 9.56. The van der Waals surface area contributed by atoms with Gasteiger partial charge in [-0.15, -0.1) is 0 Å². The van der Waals surface area contributed by atoms with Crippen molar-refractivity contribution in [3.8, 4) is 5.75 Å². The van der Waals surface area contributed by atoms with Crippen molar-refractivity contribution in [1.82, 2.24) is 0 Å². The molecule has 0 spiro atoms. The van der Waals surface area contributed by atoms with Crippen molar-refractivity contribution < 1.29 is 23.8 Å². The number of hydrogen-bond acceptors (Lipinski definition) is 3. The van der Waals surface area contributed by atoms with Gasteiger partial charge in [-0.05, 0) is 18.6 Å². The van der Waals surface area contributed by atoms with Crippen LogP contribution in [0, 0.1) is 11.7 Å². The summed E-state index contributed by atoms with van der Waals surface area (Å²) in [6.07, 6.45) is 0.362. The summed E-state index contributed by atoms with van der Waals surface area (Å²) in [5, 5.41) is 8.92. The van der Waals surface area contributed by atoms with Crippen LogP contribution in [0.3, 0.4) is 0 Å². The highest BCUT2D eigenvalue weighted by atomic mass is 19.1. The van der Waals surface area contributed by atoms with Crippen LogP contribution in [0.25, 0.3) is 0 Å². The highest BCUT2D eigenvalue weighted by molar-refractivity contribution is 5.70. The molecule has 1 unspecified atom stereocenters. The van der Waals surface area contributed by atoms with Crippen LogP contribution in [0.4, 0.5) is 4.39 Å². The van der Waals surface area contributed by atoms with E-state index in [4.69, 9.17) is 14.6 Å². The molecule has 0 fully saturated rings. The maximum Gasteiger partial charge on any atom is 0.310 e. The molecule has 0 aliphatic rings. The second kappa shape index (κ2) is 6.85. The van der Waals surface area contributed by atoms with Crippen molar-refractivity contribution in [2.75, 3.05) is 20.3 Å². The van der Waals surface area contributed by atoms with Gasteiger partial charge in [0.1, 0.15) is 18.2 Å². The summed E-state index contributed by atoms with van der Waals surface area (Å²) in [4.78, 5) is 10.9. The van der Waals surface area contributed by atoms with Crippen molar-refractivity contribution in [2.24, 2.45) is 5.92 Å². The molecule has 0 heterocycles. The Labute approximate surface area is 99.0 Å². The number of carboxylic acid groups (broad SMARTS) is 1. The summed E-state index contributed by atoms with van der Waals surface area (Å²) in [5.41, 5.74) is 0. The lowest BCUT2D eigenvalue weighted by molar-refractivity contribution is -0.143. The Morgan fingerprint density at radius 1 is 1.53 bits per heavy atom. The topological polar surface area (TPSA) is 55.8 Å². The fourth-order valence-corrected chi connectivity index (χ4v) is 1.29. The third kappa shape index (κ3) is 4.82. The minimum Gasteiger partial charge on any atom is -0.493 e. The number of benzene rings is 1. The van der Waals surface area contributed by atoms with E-state index in [1.807, 2.05) is 0 Å². The quantitative estimate of drug-likeness (QED) is 0.793. The summed E-state index contributed by atoms with van der Waals surface area (Å²) in [6, 6.07) is 5.61. The number of methoxy groups -OCH3 is 1. The number of ether oxygens (including phenoxy) is 2. The normalized spacial score (nSPS) is 12.1. The van der Waals surface area contributed by atoms with Gasteiger partial charge in [0.15, 0.2) is 0 Å². The standard InChI is InChI=1S/C12H15FO4/c1-16-6-5-9(12(14)15)8-17-11-4-2-3-10(13)7-11/h2-4,7,9H,5-6,8H2,1H3,(H,14,15). The minimum absolute atomic E-state index is 0.00213. The molecule has 1 aromatic rings. The average Bonchev–Trinajstić information content (AvgIpc) is 2.28. The summed E-state index contributed by atoms with van der Waals surface area (Å²) in [7, 11) is 1.51. The maximum absolute atomic E-state index is 12.8. The molecule has 5 heteroatoms. The molecule has 0 bridgehead atoms. The second-order valence-electron chi connectivity index (χ2n) is 3.59. The molecule has 0 aliphatic heterocycles. The van der Waals surface area contributed by atoms with Gasteiger partial charge in [-0.1, -0.05) is 6.07 Å². The van der Waals surface area contributed by atoms with Gasteiger partial charge in [-0.25, -0.2) is 4.39 Å². The summed E-state index contributed by atoms with van der Waals surface area (Å²) >= 11 is 0. The van der Waals surface area contributed by atoms with Gasteiger partial charge in [-0.3, -0.25) is 4.79 Å². The predicted octanol–water partition coefficient (Wildman–Crippen LogP) is 1.94. The largest absolute Gasteiger partial charge is 0.493 e. The fourth-order valence-electron chi connectivity index (χ4n) is 1.29. The Hall–Kier alpha value is -1.62. The Morgan fingerprint density at radius 2 is 2.29 bits per heavy atom. The van der Waals surface area contributed by atoms with Gasteiger partial charge in [-0.2, -0.15) is 0 Å². The van der Waals surface area contributed by atoms with Crippen LogP contribution >= 0.6 is 0 Å². The molecule has 0 saturated carbocycles. The number of hydrogen-bond donors (Lipinski definition) is 1. The van der Waals surface area contributed by atoms with Crippen molar-refractivity contribution in [1.29, 1.82) is 0 Å². The van der Waals surface area contributed by atoms with Gasteiger partial charge < -0.3 is 14.6 Å². The Morgan fingerprint density at radius 3 is 2.88 bits per heavy atom. The van der Waals surface area contributed by atoms with Crippen LogP contribution < -0.4 is 4.74 Å². The smallest absolute Gasteiger partial charge is 0.310 e. The maximum atomic E-state index is 12.8. The van der Waals surface area contributed by atoms with Crippen molar-refractivity contribution in [3.63, 3.8) is 0 Å². The monoisotopic (exact) mass is 242 g/mol. The summed E-state index contributed by atoms with van der Waals surface area (Å²) in [6.45, 7) is 0.353. The van der Waals surface area contributed by atoms with Crippen molar-refractivity contribution in [2.45, 2.75) is 6.42 Å². The average molecular weight is 242 g/mol. The van der Waals surface area contributed by atoms with Gasteiger partial charge >= 0.3 is 5.97 Å². The summed E-state index contributed by atoms with van der Waals surface area (Å²) in [5.74, 6) is -1.68. The molecule has 1 aromatic carbocycles. The van der Waals surface area contributed by atoms with Gasteiger partial charge in [0, 0.05) is 19.8 Å². The third-order valence-corrected chi connectivity index (χ3v) is 2.27. The van der Waals surface area contributed by atoms with E-state index in [1.165, 1.54) is 25.3 Å². The number of carbonyl (C=O) groups is 1. The molecule has 1 N–H and O–H groups in total. The van der Waals surface area contributed by atoms with Crippen LogP contribution in [0.15, 0.2) is 24.3 Å². The highest BCUT2D eigenvalue weighted by Gasteiger charge is 2.18. The lowest BCUT2D eigenvalue weighted by atomic mass is 10.1. The molecule has 1 rings (SSSR count). The Kier molecular flexibility index (Phi) is 5.42. The molecule has 0 saturated heterocycles. The molecule has 0 aromatic heterocycles. The molecule has 17 heavy (non-hydrogen) atoms.